The minimum Gasteiger partial charge on any atom is -0.480 e. The average Bonchev–Trinajstić information content (AvgIpc) is 2.02. The van der Waals surface area contributed by atoms with Crippen molar-refractivity contribution in [1.82, 2.24) is 5.32 Å². The number of carboxylic acids is 1. The van der Waals surface area contributed by atoms with Gasteiger partial charge < -0.3 is 10.4 Å². The highest BCUT2D eigenvalue weighted by Crippen LogP contribution is 2.04. The molecule has 0 spiro atoms. The van der Waals surface area contributed by atoms with Gasteiger partial charge in [0.25, 0.3) is 5.91 Å². The fraction of sp³-hybridized carbons (Fsp3) is 0.600. The van der Waals surface area contributed by atoms with Gasteiger partial charge in [0.2, 0.25) is 0 Å². The van der Waals surface area contributed by atoms with Crippen LogP contribution in [0.3, 0.4) is 0 Å². The minimum atomic E-state index is -1.02. The first kappa shape index (κ1) is 12.5. The van der Waals surface area contributed by atoms with Crippen LogP contribution in [0.25, 0.3) is 0 Å². The van der Waals surface area contributed by atoms with E-state index in [-0.39, 0.29) is 5.92 Å². The van der Waals surface area contributed by atoms with Gasteiger partial charge in [-0.05, 0) is 25.2 Å². The van der Waals surface area contributed by atoms with Gasteiger partial charge in [0, 0.05) is 0 Å². The predicted molar refractivity (Wildman–Crippen MR) is 52.5 cm³/mol. The molecule has 0 aliphatic carbocycles. The van der Waals surface area contributed by atoms with Gasteiger partial charge in [0.05, 0.1) is 0 Å². The zero-order valence-corrected chi connectivity index (χ0v) is 8.63. The van der Waals surface area contributed by atoms with Crippen LogP contribution in [0, 0.1) is 17.8 Å². The summed E-state index contributed by atoms with van der Waals surface area (Å²) in [5.41, 5.74) is 0. The lowest BCUT2D eigenvalue weighted by molar-refractivity contribution is -0.141. The third-order valence-electron chi connectivity index (χ3n) is 1.55. The molecule has 0 bridgehead atoms. The van der Waals surface area contributed by atoms with E-state index in [1.807, 2.05) is 13.8 Å². The van der Waals surface area contributed by atoms with Crippen molar-refractivity contribution in [2.75, 3.05) is 0 Å². The van der Waals surface area contributed by atoms with Gasteiger partial charge in [-0.1, -0.05) is 19.8 Å². The molecule has 4 heteroatoms. The molecule has 0 aliphatic rings. The van der Waals surface area contributed by atoms with E-state index in [4.69, 9.17) is 5.11 Å². The number of amides is 1. The molecule has 0 rings (SSSR count). The van der Waals surface area contributed by atoms with Crippen molar-refractivity contribution >= 4 is 11.9 Å². The van der Waals surface area contributed by atoms with E-state index in [0.717, 1.165) is 0 Å². The van der Waals surface area contributed by atoms with Crippen LogP contribution < -0.4 is 5.32 Å². The lowest BCUT2D eigenvalue weighted by Gasteiger charge is -2.14. The summed E-state index contributed by atoms with van der Waals surface area (Å²) >= 11 is 0. The monoisotopic (exact) mass is 197 g/mol. The number of aliphatic carboxylic acids is 1. The smallest absolute Gasteiger partial charge is 0.326 e. The molecule has 1 atom stereocenters. The van der Waals surface area contributed by atoms with Crippen LogP contribution in [0.4, 0.5) is 0 Å². The van der Waals surface area contributed by atoms with Crippen LogP contribution in [0.2, 0.25) is 0 Å². The summed E-state index contributed by atoms with van der Waals surface area (Å²) in [7, 11) is 0. The predicted octanol–water partition coefficient (Wildman–Crippen LogP) is 0.625. The standard InChI is InChI=1S/C10H15NO3/c1-4-5-9(12)11-8(10(13)14)6-7(2)3/h7-8H,6H2,1-3H3,(H,11,12)(H,13,14). The molecule has 0 saturated heterocycles. The SMILES string of the molecule is CC#CC(=O)NC(CC(C)C)C(=O)O. The molecule has 2 N–H and O–H groups in total. The summed E-state index contributed by atoms with van der Waals surface area (Å²) in [6.07, 6.45) is 0.409. The maximum Gasteiger partial charge on any atom is 0.326 e. The molecule has 0 aromatic carbocycles. The Balaban J connectivity index is 4.28. The second-order valence-corrected chi connectivity index (χ2v) is 3.37. The lowest BCUT2D eigenvalue weighted by atomic mass is 10.0. The van der Waals surface area contributed by atoms with Crippen LogP contribution in [0.5, 0.6) is 0 Å². The van der Waals surface area contributed by atoms with E-state index in [1.165, 1.54) is 6.92 Å². The van der Waals surface area contributed by atoms with Crippen molar-refractivity contribution < 1.29 is 14.7 Å². The number of carboxylic acid groups (broad SMARTS) is 1. The molecule has 14 heavy (non-hydrogen) atoms. The molecule has 0 radical (unpaired) electrons. The van der Waals surface area contributed by atoms with Crippen molar-refractivity contribution in [2.45, 2.75) is 33.2 Å². The van der Waals surface area contributed by atoms with Gasteiger partial charge in [-0.15, -0.1) is 0 Å². The molecule has 1 unspecified atom stereocenters. The Bertz CT molecular complexity index is 273. The Morgan fingerprint density at radius 2 is 2.00 bits per heavy atom. The minimum absolute atomic E-state index is 0.214. The quantitative estimate of drug-likeness (QED) is 0.649. The Morgan fingerprint density at radius 3 is 2.36 bits per heavy atom. The summed E-state index contributed by atoms with van der Waals surface area (Å²) in [4.78, 5) is 21.7. The van der Waals surface area contributed by atoms with Crippen molar-refractivity contribution in [3.63, 3.8) is 0 Å². The highest BCUT2D eigenvalue weighted by molar-refractivity contribution is 5.95. The van der Waals surface area contributed by atoms with Gasteiger partial charge in [-0.2, -0.15) is 0 Å². The second-order valence-electron chi connectivity index (χ2n) is 3.37. The van der Waals surface area contributed by atoms with Crippen molar-refractivity contribution in [1.29, 1.82) is 0 Å². The number of hydrogen-bond donors (Lipinski definition) is 2. The highest BCUT2D eigenvalue weighted by atomic mass is 16.4. The first-order chi connectivity index (χ1) is 6.47. The van der Waals surface area contributed by atoms with E-state index < -0.39 is 17.9 Å². The van der Waals surface area contributed by atoms with E-state index in [9.17, 15) is 9.59 Å². The molecule has 0 aliphatic heterocycles. The fourth-order valence-corrected chi connectivity index (χ4v) is 1.00. The summed E-state index contributed by atoms with van der Waals surface area (Å²) in [6, 6.07) is -0.844. The largest absolute Gasteiger partial charge is 0.480 e. The number of hydrogen-bond acceptors (Lipinski definition) is 2. The molecule has 0 heterocycles. The number of nitrogens with one attached hydrogen (secondary N) is 1. The van der Waals surface area contributed by atoms with E-state index in [1.54, 1.807) is 0 Å². The summed E-state index contributed by atoms with van der Waals surface area (Å²) in [5, 5.41) is 11.1. The Labute approximate surface area is 83.7 Å². The maximum absolute atomic E-state index is 11.0. The highest BCUT2D eigenvalue weighted by Gasteiger charge is 2.19. The summed E-state index contributed by atoms with van der Waals surface area (Å²) in [6.45, 7) is 5.32. The van der Waals surface area contributed by atoms with E-state index >= 15 is 0 Å². The van der Waals surface area contributed by atoms with Gasteiger partial charge in [0.1, 0.15) is 6.04 Å². The van der Waals surface area contributed by atoms with Crippen molar-refractivity contribution in [3.8, 4) is 11.8 Å². The fourth-order valence-electron chi connectivity index (χ4n) is 1.00. The zero-order chi connectivity index (χ0) is 11.1. The molecule has 0 fully saturated rings. The lowest BCUT2D eigenvalue weighted by Crippen LogP contribution is -2.41. The van der Waals surface area contributed by atoms with E-state index in [2.05, 4.69) is 17.2 Å². The summed E-state index contributed by atoms with van der Waals surface area (Å²) in [5.74, 6) is 3.30. The molecule has 0 aromatic rings. The van der Waals surface area contributed by atoms with Crippen LogP contribution in [0.15, 0.2) is 0 Å². The van der Waals surface area contributed by atoms with Crippen LogP contribution in [0.1, 0.15) is 27.2 Å². The van der Waals surface area contributed by atoms with Crippen LogP contribution >= 0.6 is 0 Å². The maximum atomic E-state index is 11.0. The second kappa shape index (κ2) is 6.03. The molecule has 0 aromatic heterocycles. The van der Waals surface area contributed by atoms with Crippen molar-refractivity contribution in [3.05, 3.63) is 0 Å². The molecule has 1 amide bonds. The van der Waals surface area contributed by atoms with Crippen LogP contribution in [-0.2, 0) is 9.59 Å². The molecular weight excluding hydrogens is 182 g/mol. The normalized spacial score (nSPS) is 11.4. The van der Waals surface area contributed by atoms with Crippen LogP contribution in [-0.4, -0.2) is 23.0 Å². The third kappa shape index (κ3) is 5.20. The van der Waals surface area contributed by atoms with Gasteiger partial charge in [0.15, 0.2) is 0 Å². The molecular formula is C10H15NO3. The van der Waals surface area contributed by atoms with Crippen molar-refractivity contribution in [2.24, 2.45) is 5.92 Å². The van der Waals surface area contributed by atoms with Gasteiger partial charge >= 0.3 is 5.97 Å². The van der Waals surface area contributed by atoms with E-state index in [0.29, 0.717) is 6.42 Å². The first-order valence-corrected chi connectivity index (χ1v) is 4.43. The average molecular weight is 197 g/mol. The number of carbonyl (C=O) groups is 2. The Hall–Kier alpha value is -1.50. The third-order valence-corrected chi connectivity index (χ3v) is 1.55. The Morgan fingerprint density at radius 1 is 1.43 bits per heavy atom. The topological polar surface area (TPSA) is 66.4 Å². The molecule has 78 valence electrons. The van der Waals surface area contributed by atoms with Gasteiger partial charge in [-0.25, -0.2) is 4.79 Å². The first-order valence-electron chi connectivity index (χ1n) is 4.43. The molecule has 0 saturated carbocycles. The summed E-state index contributed by atoms with van der Waals surface area (Å²) < 4.78 is 0. The number of rotatable bonds is 4. The number of carbonyl (C=O) groups excluding carboxylic acids is 1. The zero-order valence-electron chi connectivity index (χ0n) is 8.63. The Kier molecular flexibility index (Phi) is 5.38. The van der Waals surface area contributed by atoms with Gasteiger partial charge in [-0.3, -0.25) is 4.79 Å². The molecule has 4 nitrogen and oxygen atoms in total.